The topological polar surface area (TPSA) is 97.0 Å². The Morgan fingerprint density at radius 2 is 1.86 bits per heavy atom. The van der Waals surface area contributed by atoms with Crippen molar-refractivity contribution in [1.29, 1.82) is 0 Å². The van der Waals surface area contributed by atoms with Crippen molar-refractivity contribution >= 4 is 46.8 Å². The van der Waals surface area contributed by atoms with E-state index in [0.29, 0.717) is 23.6 Å². The Morgan fingerprint density at radius 3 is 2.53 bits per heavy atom. The summed E-state index contributed by atoms with van der Waals surface area (Å²) in [4.78, 5) is 39.8. The first-order valence-electron chi connectivity index (χ1n) is 11.3. The van der Waals surface area contributed by atoms with E-state index in [1.54, 1.807) is 45.0 Å². The second-order valence-electron chi connectivity index (χ2n) is 9.35. The van der Waals surface area contributed by atoms with Gasteiger partial charge in [-0.3, -0.25) is 14.5 Å². The lowest BCUT2D eigenvalue weighted by molar-refractivity contribution is -0.125. The number of hydrogen-bond acceptors (Lipinski definition) is 5. The minimum absolute atomic E-state index is 0.0507. The highest BCUT2D eigenvalue weighted by atomic mass is 35.5. The van der Waals surface area contributed by atoms with Crippen LogP contribution in [0.2, 0.25) is 10.0 Å². The van der Waals surface area contributed by atoms with E-state index in [1.165, 1.54) is 17.0 Å². The molecule has 194 valence electrons. The van der Waals surface area contributed by atoms with Crippen molar-refractivity contribution < 1.29 is 28.2 Å². The molecular weight excluding hydrogens is 512 g/mol. The number of carbonyl (C=O) groups excluding carboxylic acids is 3. The molecule has 1 aliphatic rings. The van der Waals surface area contributed by atoms with E-state index < -0.39 is 35.5 Å². The van der Waals surface area contributed by atoms with Gasteiger partial charge in [-0.15, -0.1) is 0 Å². The Morgan fingerprint density at radius 1 is 1.11 bits per heavy atom. The van der Waals surface area contributed by atoms with Crippen LogP contribution >= 0.6 is 23.2 Å². The van der Waals surface area contributed by atoms with Gasteiger partial charge in [0.1, 0.15) is 23.2 Å². The van der Waals surface area contributed by atoms with Crippen LogP contribution in [0.15, 0.2) is 42.5 Å². The minimum atomic E-state index is -0.805. The van der Waals surface area contributed by atoms with Crippen molar-refractivity contribution in [2.45, 2.75) is 51.3 Å². The largest absolute Gasteiger partial charge is 0.484 e. The first-order chi connectivity index (χ1) is 16.9. The van der Waals surface area contributed by atoms with Crippen LogP contribution < -0.4 is 15.4 Å². The van der Waals surface area contributed by atoms with E-state index in [4.69, 9.17) is 32.7 Å². The third-order valence-corrected chi connectivity index (χ3v) is 5.77. The second kappa shape index (κ2) is 11.8. The van der Waals surface area contributed by atoms with Gasteiger partial charge in [0.2, 0.25) is 5.91 Å². The monoisotopic (exact) mass is 539 g/mol. The SMILES string of the molecule is CC(C)(C)OC(=O)N1CC(NC(=O)COc2ccc(Cl)c(F)c2)CCC1C(=O)Nc1cccc(Cl)c1. The number of rotatable bonds is 6. The zero-order valence-corrected chi connectivity index (χ0v) is 21.7. The van der Waals surface area contributed by atoms with E-state index in [1.807, 2.05) is 0 Å². The zero-order chi connectivity index (χ0) is 26.5. The fourth-order valence-corrected chi connectivity index (χ4v) is 3.97. The molecule has 1 saturated heterocycles. The Kier molecular flexibility index (Phi) is 9.03. The first-order valence-corrected chi connectivity index (χ1v) is 12.1. The molecule has 2 atom stereocenters. The van der Waals surface area contributed by atoms with E-state index in [0.717, 1.165) is 6.07 Å². The zero-order valence-electron chi connectivity index (χ0n) is 20.1. The Bertz CT molecular complexity index is 1130. The number of piperidine rings is 1. The average molecular weight is 540 g/mol. The van der Waals surface area contributed by atoms with Gasteiger partial charge in [-0.1, -0.05) is 29.3 Å². The lowest BCUT2D eigenvalue weighted by Crippen LogP contribution is -2.58. The highest BCUT2D eigenvalue weighted by Gasteiger charge is 2.38. The quantitative estimate of drug-likeness (QED) is 0.536. The summed E-state index contributed by atoms with van der Waals surface area (Å²) >= 11 is 11.7. The maximum absolute atomic E-state index is 13.6. The van der Waals surface area contributed by atoms with Crippen LogP contribution in [0, 0.1) is 5.82 Å². The maximum Gasteiger partial charge on any atom is 0.411 e. The molecule has 2 N–H and O–H groups in total. The van der Waals surface area contributed by atoms with Crippen molar-refractivity contribution in [2.24, 2.45) is 0 Å². The molecular formula is C25H28Cl2FN3O5. The van der Waals surface area contributed by atoms with Crippen molar-refractivity contribution in [2.75, 3.05) is 18.5 Å². The van der Waals surface area contributed by atoms with Gasteiger partial charge >= 0.3 is 6.09 Å². The van der Waals surface area contributed by atoms with E-state index in [-0.39, 0.29) is 29.8 Å². The second-order valence-corrected chi connectivity index (χ2v) is 10.2. The van der Waals surface area contributed by atoms with Crippen molar-refractivity contribution in [3.63, 3.8) is 0 Å². The van der Waals surface area contributed by atoms with Gasteiger partial charge in [-0.25, -0.2) is 9.18 Å². The number of likely N-dealkylation sites (tertiary alicyclic amines) is 1. The van der Waals surface area contributed by atoms with Crippen LogP contribution in [0.4, 0.5) is 14.9 Å². The number of nitrogens with one attached hydrogen (secondary N) is 2. The third kappa shape index (κ3) is 7.99. The molecule has 0 bridgehead atoms. The number of amides is 3. The van der Waals surface area contributed by atoms with Gasteiger partial charge in [-0.05, 0) is 63.9 Å². The summed E-state index contributed by atoms with van der Waals surface area (Å²) in [5.41, 5.74) is -0.272. The number of anilines is 1. The van der Waals surface area contributed by atoms with Gasteiger partial charge in [0.15, 0.2) is 6.61 Å². The Labute approximate surface area is 219 Å². The Hall–Kier alpha value is -3.04. The normalized spacial score (nSPS) is 17.8. The van der Waals surface area contributed by atoms with Crippen LogP contribution in [0.1, 0.15) is 33.6 Å². The molecule has 11 heteroatoms. The number of ether oxygens (including phenoxy) is 2. The molecule has 8 nitrogen and oxygen atoms in total. The molecule has 2 unspecified atom stereocenters. The smallest absolute Gasteiger partial charge is 0.411 e. The number of nitrogens with zero attached hydrogens (tertiary/aromatic N) is 1. The van der Waals surface area contributed by atoms with E-state index in [9.17, 15) is 18.8 Å². The lowest BCUT2D eigenvalue weighted by atomic mass is 9.97. The molecule has 1 aliphatic heterocycles. The predicted molar refractivity (Wildman–Crippen MR) is 135 cm³/mol. The van der Waals surface area contributed by atoms with Crippen molar-refractivity contribution in [1.82, 2.24) is 10.2 Å². The van der Waals surface area contributed by atoms with Gasteiger partial charge in [0, 0.05) is 29.4 Å². The summed E-state index contributed by atoms with van der Waals surface area (Å²) in [6.45, 7) is 4.89. The van der Waals surface area contributed by atoms with Crippen LogP contribution in [-0.4, -0.2) is 53.6 Å². The molecule has 0 spiro atoms. The highest BCUT2D eigenvalue weighted by Crippen LogP contribution is 2.24. The summed E-state index contributed by atoms with van der Waals surface area (Å²) in [5, 5.41) is 5.99. The predicted octanol–water partition coefficient (Wildman–Crippen LogP) is 5.03. The molecule has 1 fully saturated rings. The fraction of sp³-hybridized carbons (Fsp3) is 0.400. The molecule has 3 rings (SSSR count). The first kappa shape index (κ1) is 27.5. The van der Waals surface area contributed by atoms with E-state index in [2.05, 4.69) is 10.6 Å². The minimum Gasteiger partial charge on any atom is -0.484 e. The van der Waals surface area contributed by atoms with Crippen LogP contribution in [-0.2, 0) is 14.3 Å². The lowest BCUT2D eigenvalue weighted by Gasteiger charge is -2.39. The summed E-state index contributed by atoms with van der Waals surface area (Å²) in [7, 11) is 0. The van der Waals surface area contributed by atoms with Gasteiger partial charge in [0.25, 0.3) is 5.91 Å². The summed E-state index contributed by atoms with van der Waals surface area (Å²) < 4.78 is 24.4. The fourth-order valence-electron chi connectivity index (χ4n) is 3.66. The third-order valence-electron chi connectivity index (χ3n) is 5.23. The molecule has 0 aromatic heterocycles. The summed E-state index contributed by atoms with van der Waals surface area (Å²) in [5.74, 6) is -1.34. The number of halogens is 3. The molecule has 36 heavy (non-hydrogen) atoms. The Balaban J connectivity index is 1.64. The van der Waals surface area contributed by atoms with Gasteiger partial charge in [0.05, 0.1) is 5.02 Å². The standard InChI is InChI=1S/C25H28Cl2FN3O5/c1-25(2,3)36-24(34)31-13-17(29-22(32)14-35-18-8-9-19(27)20(28)12-18)7-10-21(31)23(33)30-16-6-4-5-15(26)11-16/h4-6,8-9,11-12,17,21H,7,10,13-14H2,1-3H3,(H,29,32)(H,30,33). The van der Waals surface area contributed by atoms with E-state index >= 15 is 0 Å². The van der Waals surface area contributed by atoms with Gasteiger partial charge < -0.3 is 20.1 Å². The van der Waals surface area contributed by atoms with Crippen LogP contribution in [0.25, 0.3) is 0 Å². The molecule has 0 aliphatic carbocycles. The number of carbonyl (C=O) groups is 3. The molecule has 1 heterocycles. The molecule has 2 aromatic carbocycles. The highest BCUT2D eigenvalue weighted by molar-refractivity contribution is 6.31. The van der Waals surface area contributed by atoms with Crippen molar-refractivity contribution in [3.05, 3.63) is 58.3 Å². The molecule has 3 amide bonds. The number of hydrogen-bond donors (Lipinski definition) is 2. The summed E-state index contributed by atoms with van der Waals surface area (Å²) in [6, 6.07) is 9.32. The molecule has 0 radical (unpaired) electrons. The van der Waals surface area contributed by atoms with Crippen LogP contribution in [0.3, 0.4) is 0 Å². The average Bonchev–Trinajstić information content (AvgIpc) is 2.78. The maximum atomic E-state index is 13.6. The number of benzene rings is 2. The van der Waals surface area contributed by atoms with Gasteiger partial charge in [-0.2, -0.15) is 0 Å². The summed E-state index contributed by atoms with van der Waals surface area (Å²) in [6.07, 6.45) is 0.0641. The van der Waals surface area contributed by atoms with Crippen LogP contribution in [0.5, 0.6) is 5.75 Å². The van der Waals surface area contributed by atoms with Crippen molar-refractivity contribution in [3.8, 4) is 5.75 Å². The molecule has 0 saturated carbocycles. The molecule has 2 aromatic rings.